The topological polar surface area (TPSA) is 60.2 Å². The molecular weight excluding hydrogens is 229 g/mol. The molecular formula is C8H5Cl2NO3. The fraction of sp³-hybridized carbons (Fsp3) is 0.125. The molecule has 0 unspecified atom stereocenters. The minimum atomic E-state index is -0.623. The molecule has 0 saturated heterocycles. The predicted molar refractivity (Wildman–Crippen MR) is 53.1 cm³/mol. The first-order valence-electron chi connectivity index (χ1n) is 3.58. The summed E-state index contributed by atoms with van der Waals surface area (Å²) in [6.07, 6.45) is 0. The van der Waals surface area contributed by atoms with Gasteiger partial charge in [0.1, 0.15) is 0 Å². The van der Waals surface area contributed by atoms with Crippen molar-refractivity contribution in [1.29, 1.82) is 0 Å². The van der Waals surface area contributed by atoms with Crippen molar-refractivity contribution in [2.45, 2.75) is 6.92 Å². The van der Waals surface area contributed by atoms with Gasteiger partial charge in [-0.3, -0.25) is 14.9 Å². The minimum absolute atomic E-state index is 0.00306. The van der Waals surface area contributed by atoms with Crippen molar-refractivity contribution in [2.75, 3.05) is 0 Å². The van der Waals surface area contributed by atoms with Crippen LogP contribution in [0.1, 0.15) is 17.3 Å². The molecule has 0 aliphatic rings. The summed E-state index contributed by atoms with van der Waals surface area (Å²) in [4.78, 5) is 20.8. The molecule has 0 radical (unpaired) electrons. The summed E-state index contributed by atoms with van der Waals surface area (Å²) in [6, 6.07) is 2.20. The Morgan fingerprint density at radius 1 is 1.36 bits per heavy atom. The van der Waals surface area contributed by atoms with E-state index in [2.05, 4.69) is 0 Å². The van der Waals surface area contributed by atoms with Crippen molar-refractivity contribution >= 4 is 34.7 Å². The Balaban J connectivity index is 3.39. The van der Waals surface area contributed by atoms with Gasteiger partial charge in [0.05, 0.1) is 20.5 Å². The van der Waals surface area contributed by atoms with Gasteiger partial charge in [0.2, 0.25) is 0 Å². The lowest BCUT2D eigenvalue weighted by atomic mass is 10.1. The van der Waals surface area contributed by atoms with E-state index in [-0.39, 0.29) is 27.1 Å². The number of Topliss-reactive ketones (excluding diaryl/α,β-unsaturated/α-hetero) is 1. The van der Waals surface area contributed by atoms with E-state index in [1.807, 2.05) is 0 Å². The molecule has 0 aliphatic heterocycles. The van der Waals surface area contributed by atoms with Crippen LogP contribution in [0.3, 0.4) is 0 Å². The van der Waals surface area contributed by atoms with Crippen molar-refractivity contribution in [2.24, 2.45) is 0 Å². The average molecular weight is 234 g/mol. The summed E-state index contributed by atoms with van der Waals surface area (Å²) < 4.78 is 0. The first-order valence-corrected chi connectivity index (χ1v) is 4.33. The quantitative estimate of drug-likeness (QED) is 0.448. The Bertz CT molecular complexity index is 394. The van der Waals surface area contributed by atoms with Crippen LogP contribution in [0.15, 0.2) is 12.1 Å². The number of carbonyl (C=O) groups excluding carboxylic acids is 1. The highest BCUT2D eigenvalue weighted by molar-refractivity contribution is 6.40. The number of nitro groups is 1. The van der Waals surface area contributed by atoms with Crippen molar-refractivity contribution in [3.63, 3.8) is 0 Å². The SMILES string of the molecule is CC(=O)c1c(Cl)cc([N+](=O)[O-])cc1Cl. The minimum Gasteiger partial charge on any atom is -0.294 e. The van der Waals surface area contributed by atoms with Gasteiger partial charge in [0.15, 0.2) is 5.78 Å². The molecule has 0 spiro atoms. The van der Waals surface area contributed by atoms with Gasteiger partial charge in [0.25, 0.3) is 5.69 Å². The van der Waals surface area contributed by atoms with E-state index in [9.17, 15) is 14.9 Å². The van der Waals surface area contributed by atoms with Gasteiger partial charge >= 0.3 is 0 Å². The number of rotatable bonds is 2. The number of ketones is 1. The molecule has 0 aromatic heterocycles. The number of halogens is 2. The van der Waals surface area contributed by atoms with Crippen LogP contribution in [0, 0.1) is 10.1 Å². The highest BCUT2D eigenvalue weighted by atomic mass is 35.5. The molecule has 14 heavy (non-hydrogen) atoms. The van der Waals surface area contributed by atoms with Crippen LogP contribution >= 0.6 is 23.2 Å². The van der Waals surface area contributed by atoms with Crippen LogP contribution < -0.4 is 0 Å². The second-order valence-electron chi connectivity index (χ2n) is 2.60. The summed E-state index contributed by atoms with van der Waals surface area (Å²) in [5.41, 5.74) is -0.121. The number of nitrogens with zero attached hydrogens (tertiary/aromatic N) is 1. The van der Waals surface area contributed by atoms with E-state index in [4.69, 9.17) is 23.2 Å². The molecule has 0 N–H and O–H groups in total. The molecule has 0 bridgehead atoms. The normalized spacial score (nSPS) is 9.93. The smallest absolute Gasteiger partial charge is 0.272 e. The van der Waals surface area contributed by atoms with Gasteiger partial charge in [-0.2, -0.15) is 0 Å². The Morgan fingerprint density at radius 2 is 1.79 bits per heavy atom. The summed E-state index contributed by atoms with van der Waals surface area (Å²) >= 11 is 11.3. The lowest BCUT2D eigenvalue weighted by Gasteiger charge is -2.02. The van der Waals surface area contributed by atoms with Crippen LogP contribution in [0.5, 0.6) is 0 Å². The Labute approximate surface area is 89.6 Å². The number of hydrogen-bond donors (Lipinski definition) is 0. The second-order valence-corrected chi connectivity index (χ2v) is 3.41. The number of carbonyl (C=O) groups is 1. The zero-order valence-electron chi connectivity index (χ0n) is 7.08. The number of non-ortho nitro benzene ring substituents is 1. The molecule has 1 aromatic carbocycles. The molecule has 0 aliphatic carbocycles. The van der Waals surface area contributed by atoms with Gasteiger partial charge in [-0.05, 0) is 6.92 Å². The van der Waals surface area contributed by atoms with Crippen molar-refractivity contribution in [3.8, 4) is 0 Å². The van der Waals surface area contributed by atoms with Crippen LogP contribution in [0.4, 0.5) is 5.69 Å². The molecule has 4 nitrogen and oxygen atoms in total. The third-order valence-electron chi connectivity index (χ3n) is 1.59. The van der Waals surface area contributed by atoms with E-state index >= 15 is 0 Å². The van der Waals surface area contributed by atoms with Gasteiger partial charge in [-0.1, -0.05) is 23.2 Å². The van der Waals surface area contributed by atoms with Gasteiger partial charge in [-0.15, -0.1) is 0 Å². The highest BCUT2D eigenvalue weighted by Gasteiger charge is 2.16. The molecule has 0 saturated carbocycles. The lowest BCUT2D eigenvalue weighted by Crippen LogP contribution is -1.97. The predicted octanol–water partition coefficient (Wildman–Crippen LogP) is 3.10. The maximum atomic E-state index is 11.0. The standard InChI is InChI=1S/C8H5Cl2NO3/c1-4(12)8-6(9)2-5(11(13)14)3-7(8)10/h2-3H,1H3. The first-order chi connectivity index (χ1) is 6.43. The van der Waals surface area contributed by atoms with E-state index < -0.39 is 4.92 Å². The maximum Gasteiger partial charge on any atom is 0.272 e. The van der Waals surface area contributed by atoms with Crippen LogP contribution in [-0.2, 0) is 0 Å². The fourth-order valence-electron chi connectivity index (χ4n) is 1.00. The molecule has 0 amide bonds. The van der Waals surface area contributed by atoms with Crippen LogP contribution in [0.2, 0.25) is 10.0 Å². The van der Waals surface area contributed by atoms with Crippen molar-refractivity contribution < 1.29 is 9.72 Å². The highest BCUT2D eigenvalue weighted by Crippen LogP contribution is 2.30. The first kappa shape index (κ1) is 10.9. The Hall–Kier alpha value is -1.13. The average Bonchev–Trinajstić information content (AvgIpc) is 2.01. The molecule has 1 rings (SSSR count). The lowest BCUT2D eigenvalue weighted by molar-refractivity contribution is -0.384. The zero-order chi connectivity index (χ0) is 10.9. The summed E-state index contributed by atoms with van der Waals surface area (Å²) in [5.74, 6) is -0.324. The molecule has 0 heterocycles. The third-order valence-corrected chi connectivity index (χ3v) is 2.19. The molecule has 74 valence electrons. The van der Waals surface area contributed by atoms with Gasteiger partial charge < -0.3 is 0 Å². The monoisotopic (exact) mass is 233 g/mol. The van der Waals surface area contributed by atoms with Crippen LogP contribution in [0.25, 0.3) is 0 Å². The molecule has 0 atom stereocenters. The number of nitro benzene ring substituents is 1. The number of hydrogen-bond acceptors (Lipinski definition) is 3. The zero-order valence-corrected chi connectivity index (χ0v) is 8.59. The summed E-state index contributed by atoms with van der Waals surface area (Å²) in [7, 11) is 0. The fourth-order valence-corrected chi connectivity index (χ4v) is 1.74. The molecule has 0 fully saturated rings. The second kappa shape index (κ2) is 3.94. The molecule has 1 aromatic rings. The third kappa shape index (κ3) is 2.02. The summed E-state index contributed by atoms with van der Waals surface area (Å²) in [6.45, 7) is 1.29. The van der Waals surface area contributed by atoms with Crippen molar-refractivity contribution in [1.82, 2.24) is 0 Å². The molecule has 6 heteroatoms. The Morgan fingerprint density at radius 3 is 2.07 bits per heavy atom. The Kier molecular flexibility index (Phi) is 3.08. The van der Waals surface area contributed by atoms with E-state index in [0.717, 1.165) is 12.1 Å². The van der Waals surface area contributed by atoms with Crippen LogP contribution in [-0.4, -0.2) is 10.7 Å². The van der Waals surface area contributed by atoms with Gasteiger partial charge in [-0.25, -0.2) is 0 Å². The van der Waals surface area contributed by atoms with Gasteiger partial charge in [0, 0.05) is 12.1 Å². The van der Waals surface area contributed by atoms with E-state index in [0.29, 0.717) is 0 Å². The maximum absolute atomic E-state index is 11.0. The van der Waals surface area contributed by atoms with E-state index in [1.165, 1.54) is 6.92 Å². The van der Waals surface area contributed by atoms with E-state index in [1.54, 1.807) is 0 Å². The largest absolute Gasteiger partial charge is 0.294 e. The summed E-state index contributed by atoms with van der Waals surface area (Å²) in [5, 5.41) is 10.4. The van der Waals surface area contributed by atoms with Crippen molar-refractivity contribution in [3.05, 3.63) is 37.9 Å². The number of benzene rings is 1.